The lowest BCUT2D eigenvalue weighted by molar-refractivity contribution is 0.0371. The zero-order chi connectivity index (χ0) is 13.7. The highest BCUT2D eigenvalue weighted by molar-refractivity contribution is 6.15. The van der Waals surface area contributed by atoms with Gasteiger partial charge in [-0.1, -0.05) is 42.5 Å². The first-order valence-corrected chi connectivity index (χ1v) is 7.21. The van der Waals surface area contributed by atoms with Gasteiger partial charge in [-0.05, 0) is 42.4 Å². The first kappa shape index (κ1) is 11.9. The molecule has 20 heavy (non-hydrogen) atoms. The first-order valence-electron chi connectivity index (χ1n) is 7.21. The van der Waals surface area contributed by atoms with E-state index in [2.05, 4.69) is 6.07 Å². The molecule has 0 amide bonds. The lowest BCUT2D eigenvalue weighted by Crippen LogP contribution is -2.48. The van der Waals surface area contributed by atoms with E-state index in [1.807, 2.05) is 36.4 Å². The minimum atomic E-state index is -1.42. The van der Waals surface area contributed by atoms with Crippen LogP contribution >= 0.6 is 0 Å². The zero-order valence-electron chi connectivity index (χ0n) is 11.2. The minimum Gasteiger partial charge on any atom is -0.373 e. The molecule has 2 aliphatic rings. The molecule has 1 N–H and O–H groups in total. The molecule has 100 valence electrons. The van der Waals surface area contributed by atoms with Gasteiger partial charge in [0.1, 0.15) is 0 Å². The molecule has 2 aliphatic carbocycles. The molecule has 0 spiro atoms. The van der Waals surface area contributed by atoms with Gasteiger partial charge in [-0.2, -0.15) is 0 Å². The molecule has 0 aliphatic heterocycles. The van der Waals surface area contributed by atoms with Crippen molar-refractivity contribution in [2.75, 3.05) is 0 Å². The molecule has 0 radical (unpaired) electrons. The number of Topliss-reactive ketones (excluding diaryl/α,β-unsaturated/α-hetero) is 1. The van der Waals surface area contributed by atoms with E-state index in [1.54, 1.807) is 0 Å². The number of carbonyl (C=O) groups excluding carboxylic acids is 1. The van der Waals surface area contributed by atoms with E-state index in [1.165, 1.54) is 17.5 Å². The highest BCUT2D eigenvalue weighted by Crippen LogP contribution is 2.47. The van der Waals surface area contributed by atoms with Crippen molar-refractivity contribution >= 4 is 5.78 Å². The summed E-state index contributed by atoms with van der Waals surface area (Å²) in [7, 11) is 0. The number of benzene rings is 2. The first-order chi connectivity index (χ1) is 9.73. The van der Waals surface area contributed by atoms with Crippen molar-refractivity contribution in [1.29, 1.82) is 0 Å². The lowest BCUT2D eigenvalue weighted by Gasteiger charge is -2.41. The second-order valence-corrected chi connectivity index (χ2v) is 5.74. The standard InChI is InChI=1S/C18H16O2/c19-17-15-11-10-12-6-4-5-9-14(12)16(15)18(17,20)13-7-2-1-3-8-13/h1-3,7-8,10-11,20H,4-6,9H2. The Hall–Kier alpha value is -1.93. The summed E-state index contributed by atoms with van der Waals surface area (Å²) in [5.74, 6) is -0.160. The second-order valence-electron chi connectivity index (χ2n) is 5.74. The second kappa shape index (κ2) is 4.03. The molecular weight excluding hydrogens is 248 g/mol. The van der Waals surface area contributed by atoms with E-state index in [0.29, 0.717) is 11.1 Å². The highest BCUT2D eigenvalue weighted by Gasteiger charge is 2.53. The number of hydrogen-bond donors (Lipinski definition) is 1. The van der Waals surface area contributed by atoms with E-state index in [9.17, 15) is 9.90 Å². The lowest BCUT2D eigenvalue weighted by atomic mass is 9.64. The van der Waals surface area contributed by atoms with Gasteiger partial charge >= 0.3 is 0 Å². The van der Waals surface area contributed by atoms with Crippen LogP contribution in [0, 0.1) is 0 Å². The van der Waals surface area contributed by atoms with Gasteiger partial charge < -0.3 is 5.11 Å². The largest absolute Gasteiger partial charge is 0.373 e. The Labute approximate surface area is 118 Å². The molecule has 0 heterocycles. The Bertz CT molecular complexity index is 703. The molecule has 2 heteroatoms. The summed E-state index contributed by atoms with van der Waals surface area (Å²) in [6, 6.07) is 13.3. The van der Waals surface area contributed by atoms with E-state index < -0.39 is 5.60 Å². The van der Waals surface area contributed by atoms with Crippen LogP contribution in [0.15, 0.2) is 42.5 Å². The van der Waals surface area contributed by atoms with Crippen molar-refractivity contribution < 1.29 is 9.90 Å². The third-order valence-electron chi connectivity index (χ3n) is 4.66. The number of carbonyl (C=O) groups is 1. The normalized spacial score (nSPS) is 23.8. The molecular formula is C18H16O2. The molecule has 1 unspecified atom stereocenters. The van der Waals surface area contributed by atoms with Crippen molar-refractivity contribution in [2.45, 2.75) is 31.3 Å². The van der Waals surface area contributed by atoms with Crippen molar-refractivity contribution in [3.63, 3.8) is 0 Å². The molecule has 2 nitrogen and oxygen atoms in total. The number of ketones is 1. The topological polar surface area (TPSA) is 37.3 Å². The smallest absolute Gasteiger partial charge is 0.204 e. The van der Waals surface area contributed by atoms with Crippen LogP contribution in [0.1, 0.15) is 45.5 Å². The molecule has 0 saturated heterocycles. The summed E-state index contributed by atoms with van der Waals surface area (Å²) in [4.78, 5) is 12.4. The maximum atomic E-state index is 12.4. The number of hydrogen-bond acceptors (Lipinski definition) is 2. The number of aryl methyl sites for hydroxylation is 1. The third-order valence-corrected chi connectivity index (χ3v) is 4.66. The Morgan fingerprint density at radius 3 is 2.50 bits per heavy atom. The van der Waals surface area contributed by atoms with Crippen LogP contribution in [0.5, 0.6) is 0 Å². The van der Waals surface area contributed by atoms with Crippen LogP contribution < -0.4 is 0 Å². The van der Waals surface area contributed by atoms with Crippen LogP contribution in [0.2, 0.25) is 0 Å². The Morgan fingerprint density at radius 1 is 0.950 bits per heavy atom. The van der Waals surface area contributed by atoms with Crippen molar-refractivity contribution in [3.05, 3.63) is 70.3 Å². The average Bonchev–Trinajstić information content (AvgIpc) is 2.53. The molecule has 4 rings (SSSR count). The van der Waals surface area contributed by atoms with Crippen LogP contribution in [0.4, 0.5) is 0 Å². The summed E-state index contributed by atoms with van der Waals surface area (Å²) in [6.07, 6.45) is 4.37. The zero-order valence-corrected chi connectivity index (χ0v) is 11.2. The molecule has 0 saturated carbocycles. The summed E-state index contributed by atoms with van der Waals surface area (Å²) >= 11 is 0. The third kappa shape index (κ3) is 1.35. The molecule has 0 fully saturated rings. The number of aliphatic hydroxyl groups is 1. The average molecular weight is 264 g/mol. The van der Waals surface area contributed by atoms with Crippen LogP contribution in [-0.2, 0) is 18.4 Å². The van der Waals surface area contributed by atoms with Crippen LogP contribution in [0.25, 0.3) is 0 Å². The Balaban J connectivity index is 1.95. The van der Waals surface area contributed by atoms with Gasteiger partial charge in [-0.25, -0.2) is 0 Å². The summed E-state index contributed by atoms with van der Waals surface area (Å²) in [5, 5.41) is 11.0. The molecule has 0 bridgehead atoms. The van der Waals surface area contributed by atoms with Crippen molar-refractivity contribution in [2.24, 2.45) is 0 Å². The molecule has 2 aromatic rings. The van der Waals surface area contributed by atoms with Crippen molar-refractivity contribution in [1.82, 2.24) is 0 Å². The maximum absolute atomic E-state index is 12.4. The van der Waals surface area contributed by atoms with Gasteiger partial charge in [0.2, 0.25) is 5.78 Å². The number of fused-ring (bicyclic) bond motifs is 3. The fraction of sp³-hybridized carbons (Fsp3) is 0.278. The van der Waals surface area contributed by atoms with Crippen LogP contribution in [0.3, 0.4) is 0 Å². The highest BCUT2D eigenvalue weighted by atomic mass is 16.3. The molecule has 0 aromatic heterocycles. The van der Waals surface area contributed by atoms with E-state index in [-0.39, 0.29) is 5.78 Å². The Kier molecular flexibility index (Phi) is 2.39. The summed E-state index contributed by atoms with van der Waals surface area (Å²) < 4.78 is 0. The van der Waals surface area contributed by atoms with Gasteiger partial charge in [0.05, 0.1) is 0 Å². The van der Waals surface area contributed by atoms with Crippen LogP contribution in [-0.4, -0.2) is 10.9 Å². The van der Waals surface area contributed by atoms with E-state index in [0.717, 1.165) is 24.8 Å². The summed E-state index contributed by atoms with van der Waals surface area (Å²) in [6.45, 7) is 0. The van der Waals surface area contributed by atoms with Gasteiger partial charge in [0, 0.05) is 11.1 Å². The predicted octanol–water partition coefficient (Wildman–Crippen LogP) is 3.00. The minimum absolute atomic E-state index is 0.160. The predicted molar refractivity (Wildman–Crippen MR) is 76.9 cm³/mol. The molecule has 2 aromatic carbocycles. The van der Waals surface area contributed by atoms with Crippen molar-refractivity contribution in [3.8, 4) is 0 Å². The fourth-order valence-electron chi connectivity index (χ4n) is 3.63. The quantitative estimate of drug-likeness (QED) is 0.859. The number of rotatable bonds is 1. The summed E-state index contributed by atoms with van der Waals surface area (Å²) in [5.41, 5.74) is 3.36. The maximum Gasteiger partial charge on any atom is 0.204 e. The van der Waals surface area contributed by atoms with Gasteiger partial charge in [-0.3, -0.25) is 4.79 Å². The monoisotopic (exact) mass is 264 g/mol. The van der Waals surface area contributed by atoms with Gasteiger partial charge in [0.25, 0.3) is 0 Å². The fourth-order valence-corrected chi connectivity index (χ4v) is 3.63. The van der Waals surface area contributed by atoms with E-state index in [4.69, 9.17) is 0 Å². The van der Waals surface area contributed by atoms with Gasteiger partial charge in [0.15, 0.2) is 5.60 Å². The van der Waals surface area contributed by atoms with E-state index >= 15 is 0 Å². The SMILES string of the molecule is O=C1c2ccc3c(c2C1(O)c1ccccc1)CCCC3. The van der Waals surface area contributed by atoms with Gasteiger partial charge in [-0.15, -0.1) is 0 Å². The Morgan fingerprint density at radius 2 is 1.70 bits per heavy atom. The molecule has 1 atom stereocenters.